The van der Waals surface area contributed by atoms with Crippen molar-refractivity contribution < 1.29 is 14.3 Å². The number of piperidine rings is 1. The van der Waals surface area contributed by atoms with Gasteiger partial charge in [0.15, 0.2) is 5.79 Å². The molecule has 1 aromatic heterocycles. The summed E-state index contributed by atoms with van der Waals surface area (Å²) in [6.45, 7) is 5.05. The molecule has 0 atom stereocenters. The van der Waals surface area contributed by atoms with Gasteiger partial charge in [0, 0.05) is 31.6 Å². The van der Waals surface area contributed by atoms with Crippen molar-refractivity contribution in [2.75, 3.05) is 36.5 Å². The van der Waals surface area contributed by atoms with E-state index in [1.54, 1.807) is 12.3 Å². The van der Waals surface area contributed by atoms with E-state index in [1.807, 2.05) is 37.3 Å². The summed E-state index contributed by atoms with van der Waals surface area (Å²) < 4.78 is 11.5. The summed E-state index contributed by atoms with van der Waals surface area (Å²) in [5.74, 6) is -0.576. The van der Waals surface area contributed by atoms with Crippen molar-refractivity contribution in [1.82, 2.24) is 4.98 Å². The van der Waals surface area contributed by atoms with Crippen LogP contribution in [-0.4, -0.2) is 43.0 Å². The van der Waals surface area contributed by atoms with Crippen LogP contribution in [0, 0.1) is 6.92 Å². The third-order valence-corrected chi connectivity index (χ3v) is 5.08. The number of amides is 1. The molecule has 2 aromatic rings. The highest BCUT2D eigenvalue weighted by atomic mass is 16.7. The summed E-state index contributed by atoms with van der Waals surface area (Å²) in [5, 5.41) is 2.91. The molecule has 1 N–H and O–H groups in total. The molecule has 0 bridgehead atoms. The minimum absolute atomic E-state index is 0.198. The number of hydrogen-bond acceptors (Lipinski definition) is 5. The fourth-order valence-electron chi connectivity index (χ4n) is 3.50. The molecule has 26 heavy (non-hydrogen) atoms. The van der Waals surface area contributed by atoms with Crippen molar-refractivity contribution >= 4 is 17.3 Å². The number of pyridine rings is 1. The van der Waals surface area contributed by atoms with Crippen LogP contribution in [-0.2, 0) is 9.47 Å². The first kappa shape index (κ1) is 17.0. The smallest absolute Gasteiger partial charge is 0.274 e. The van der Waals surface area contributed by atoms with Crippen LogP contribution in [0.1, 0.15) is 28.9 Å². The maximum absolute atomic E-state index is 12.4. The Kier molecular flexibility index (Phi) is 4.61. The predicted octanol–water partition coefficient (Wildman–Crippen LogP) is 2.99. The maximum atomic E-state index is 12.4. The molecular weight excluding hydrogens is 330 g/mol. The molecule has 0 radical (unpaired) electrons. The SMILES string of the molecule is Cc1ccccc1NC(=O)c1ccc(N2CCC3(CC2)OCCO3)cn1. The van der Waals surface area contributed by atoms with Crippen LogP contribution in [0.25, 0.3) is 0 Å². The molecule has 1 aromatic carbocycles. The Balaban J connectivity index is 1.39. The Morgan fingerprint density at radius 1 is 1.12 bits per heavy atom. The maximum Gasteiger partial charge on any atom is 0.274 e. The summed E-state index contributed by atoms with van der Waals surface area (Å²) in [7, 11) is 0. The fourth-order valence-corrected chi connectivity index (χ4v) is 3.50. The summed E-state index contributed by atoms with van der Waals surface area (Å²) in [6, 6.07) is 11.4. The van der Waals surface area contributed by atoms with Crippen molar-refractivity contribution in [3.8, 4) is 0 Å². The Morgan fingerprint density at radius 2 is 1.85 bits per heavy atom. The minimum Gasteiger partial charge on any atom is -0.370 e. The zero-order chi connectivity index (χ0) is 18.0. The van der Waals surface area contributed by atoms with Gasteiger partial charge in [-0.15, -0.1) is 0 Å². The second-order valence-electron chi connectivity index (χ2n) is 6.77. The second kappa shape index (κ2) is 7.05. The number of aromatic nitrogens is 1. The number of para-hydroxylation sites is 1. The number of carbonyl (C=O) groups is 1. The Hall–Kier alpha value is -2.44. The van der Waals surface area contributed by atoms with Crippen LogP contribution >= 0.6 is 0 Å². The number of anilines is 2. The lowest BCUT2D eigenvalue weighted by Crippen LogP contribution is -2.45. The van der Waals surface area contributed by atoms with Crippen LogP contribution in [0.4, 0.5) is 11.4 Å². The molecular formula is C20H23N3O3. The number of rotatable bonds is 3. The number of hydrogen-bond donors (Lipinski definition) is 1. The van der Waals surface area contributed by atoms with Gasteiger partial charge in [0.05, 0.1) is 25.1 Å². The molecule has 6 heteroatoms. The highest BCUT2D eigenvalue weighted by molar-refractivity contribution is 6.03. The number of ether oxygens (including phenoxy) is 2. The molecule has 0 aliphatic carbocycles. The molecule has 0 saturated carbocycles. The lowest BCUT2D eigenvalue weighted by atomic mass is 10.0. The van der Waals surface area contributed by atoms with E-state index >= 15 is 0 Å². The summed E-state index contributed by atoms with van der Waals surface area (Å²) in [5.41, 5.74) is 3.26. The molecule has 2 aliphatic heterocycles. The standard InChI is InChI=1S/C20H23N3O3/c1-15-4-2-3-5-17(15)22-19(24)18-7-6-16(14-21-18)23-10-8-20(9-11-23)25-12-13-26-20/h2-7,14H,8-13H2,1H3,(H,22,24). The largest absolute Gasteiger partial charge is 0.370 e. The van der Waals surface area contributed by atoms with Crippen LogP contribution in [0.3, 0.4) is 0 Å². The third-order valence-electron chi connectivity index (χ3n) is 5.08. The van der Waals surface area contributed by atoms with Crippen molar-refractivity contribution in [3.05, 3.63) is 53.9 Å². The average molecular weight is 353 g/mol. The van der Waals surface area contributed by atoms with Gasteiger partial charge in [0.1, 0.15) is 5.69 Å². The van der Waals surface area contributed by atoms with Crippen molar-refractivity contribution in [2.45, 2.75) is 25.6 Å². The zero-order valence-electron chi connectivity index (χ0n) is 14.9. The summed E-state index contributed by atoms with van der Waals surface area (Å²) in [4.78, 5) is 19.0. The van der Waals surface area contributed by atoms with Gasteiger partial charge in [-0.3, -0.25) is 4.79 Å². The van der Waals surface area contributed by atoms with E-state index in [0.717, 1.165) is 42.9 Å². The second-order valence-corrected chi connectivity index (χ2v) is 6.77. The number of nitrogens with one attached hydrogen (secondary N) is 1. The first-order chi connectivity index (χ1) is 12.7. The topological polar surface area (TPSA) is 63.7 Å². The van der Waals surface area contributed by atoms with E-state index in [9.17, 15) is 4.79 Å². The van der Waals surface area contributed by atoms with Crippen LogP contribution < -0.4 is 10.2 Å². The van der Waals surface area contributed by atoms with Gasteiger partial charge in [-0.25, -0.2) is 4.98 Å². The predicted molar refractivity (Wildman–Crippen MR) is 99.5 cm³/mol. The number of aryl methyl sites for hydroxylation is 1. The fraction of sp³-hybridized carbons (Fsp3) is 0.400. The normalized spacial score (nSPS) is 18.9. The van der Waals surface area contributed by atoms with Gasteiger partial charge >= 0.3 is 0 Å². The van der Waals surface area contributed by atoms with E-state index in [2.05, 4.69) is 15.2 Å². The highest BCUT2D eigenvalue weighted by Crippen LogP contribution is 2.33. The van der Waals surface area contributed by atoms with Gasteiger partial charge in [0.25, 0.3) is 5.91 Å². The summed E-state index contributed by atoms with van der Waals surface area (Å²) in [6.07, 6.45) is 3.46. The number of carbonyl (C=O) groups excluding carboxylic acids is 1. The van der Waals surface area contributed by atoms with Crippen LogP contribution in [0.5, 0.6) is 0 Å². The van der Waals surface area contributed by atoms with E-state index in [0.29, 0.717) is 18.9 Å². The highest BCUT2D eigenvalue weighted by Gasteiger charge is 2.39. The Labute approximate surface area is 153 Å². The minimum atomic E-state index is -0.378. The molecule has 1 amide bonds. The molecule has 1 spiro atoms. The molecule has 2 fully saturated rings. The number of benzene rings is 1. The third kappa shape index (κ3) is 3.43. The van der Waals surface area contributed by atoms with E-state index in [1.165, 1.54) is 0 Å². The van der Waals surface area contributed by atoms with Crippen LogP contribution in [0.2, 0.25) is 0 Å². The molecule has 136 valence electrons. The van der Waals surface area contributed by atoms with Crippen molar-refractivity contribution in [1.29, 1.82) is 0 Å². The van der Waals surface area contributed by atoms with Gasteiger partial charge < -0.3 is 19.7 Å². The molecule has 2 saturated heterocycles. The molecule has 3 heterocycles. The summed E-state index contributed by atoms with van der Waals surface area (Å²) >= 11 is 0. The van der Waals surface area contributed by atoms with Gasteiger partial charge in [-0.05, 0) is 30.7 Å². The molecule has 2 aliphatic rings. The van der Waals surface area contributed by atoms with Gasteiger partial charge in [-0.2, -0.15) is 0 Å². The number of nitrogens with zero attached hydrogens (tertiary/aromatic N) is 2. The monoisotopic (exact) mass is 353 g/mol. The first-order valence-corrected chi connectivity index (χ1v) is 9.01. The van der Waals surface area contributed by atoms with E-state index in [-0.39, 0.29) is 11.7 Å². The lowest BCUT2D eigenvalue weighted by Gasteiger charge is -2.38. The quantitative estimate of drug-likeness (QED) is 0.919. The van der Waals surface area contributed by atoms with Crippen molar-refractivity contribution in [2.24, 2.45) is 0 Å². The van der Waals surface area contributed by atoms with E-state index in [4.69, 9.17) is 9.47 Å². The van der Waals surface area contributed by atoms with Gasteiger partial charge in [0.2, 0.25) is 0 Å². The lowest BCUT2D eigenvalue weighted by molar-refractivity contribution is -0.169. The Morgan fingerprint density at radius 3 is 2.50 bits per heavy atom. The van der Waals surface area contributed by atoms with E-state index < -0.39 is 0 Å². The van der Waals surface area contributed by atoms with Gasteiger partial charge in [-0.1, -0.05) is 18.2 Å². The molecule has 0 unspecified atom stereocenters. The average Bonchev–Trinajstić information content (AvgIpc) is 3.12. The van der Waals surface area contributed by atoms with Crippen LogP contribution in [0.15, 0.2) is 42.6 Å². The first-order valence-electron chi connectivity index (χ1n) is 9.01. The molecule has 4 rings (SSSR count). The Bertz CT molecular complexity index is 775. The van der Waals surface area contributed by atoms with Crippen molar-refractivity contribution in [3.63, 3.8) is 0 Å². The molecule has 6 nitrogen and oxygen atoms in total. The zero-order valence-corrected chi connectivity index (χ0v) is 14.9.